The molecule has 562 valence electrons. The van der Waals surface area contributed by atoms with Gasteiger partial charge in [-0.25, -0.2) is 4.79 Å². The number of aliphatic hydroxyl groups excluding tert-OH is 1. The highest BCUT2D eigenvalue weighted by atomic mass is 32.2. The predicted molar refractivity (Wildman–Crippen MR) is 369 cm³/mol. The standard InChI is InChI=1S/C60H99N23O17S/c1-28(2)21-38(78-48(89)32(62)22-30-27-73-33-12-6-5-11-31(30)33)53(94)76-37(16-20-101-4)52(93)81-41(25-45(65)87)56(97)83-47(29(3)84)57(98)77-34(13-7-8-17-61)49(90)74-35(14-9-18-71-59(67)68)50(91)79-39(23-43(63)85)54(95)75-36(15-10-19-72-60(69)70)51(92)80-40(24-44(64)86)55(96)82-42(58(99)100)26-46(66)88/h5-6,11-12,27-29,32,34-42,47,73,84H,7-10,13-26,61-62H2,1-4H3,(H2,63,85)(H2,64,86)(H2,65,87)(H2,66,88)(H,74,90)(H,75,95)(H,76,94)(H,77,98)(H,78,89)(H,79,91)(H,80,92)(H,81,93)(H,82,96)(H,83,97)(H,99,100)(H4,67,68,71)(H4,69,70,72)/t29-,32+,34+,35+,36+,37+,38+,39+,40+,41+,42+,47+/m1/s1. The number of carbonyl (C=O) groups is 15. The van der Waals surface area contributed by atoms with Crippen LogP contribution in [0.25, 0.3) is 10.9 Å². The minimum absolute atomic E-state index is 0.0404. The molecule has 33 N–H and O–H groups in total. The van der Waals surface area contributed by atoms with Gasteiger partial charge in [-0.2, -0.15) is 11.8 Å². The first-order valence-corrected chi connectivity index (χ1v) is 33.6. The van der Waals surface area contributed by atoms with Crippen molar-refractivity contribution < 1.29 is 82.1 Å². The van der Waals surface area contributed by atoms with E-state index in [1.54, 1.807) is 26.3 Å². The highest BCUT2D eigenvalue weighted by molar-refractivity contribution is 7.98. The number of para-hydroxylation sites is 1. The number of primary amides is 4. The molecule has 0 spiro atoms. The molecule has 0 aliphatic carbocycles. The molecule has 2 aromatic rings. The summed E-state index contributed by atoms with van der Waals surface area (Å²) in [6, 6.07) is -11.1. The Labute approximate surface area is 585 Å². The zero-order valence-electron chi connectivity index (χ0n) is 56.7. The molecule has 0 radical (unpaired) electrons. The molecule has 1 aromatic heterocycles. The highest BCUT2D eigenvalue weighted by Crippen LogP contribution is 2.20. The van der Waals surface area contributed by atoms with Gasteiger partial charge < -0.3 is 126 Å². The van der Waals surface area contributed by atoms with E-state index in [0.717, 1.165) is 23.4 Å². The number of aromatic amines is 1. The summed E-state index contributed by atoms with van der Waals surface area (Å²) in [5.41, 5.74) is 57.1. The summed E-state index contributed by atoms with van der Waals surface area (Å²) in [7, 11) is 0. The second-order valence-corrected chi connectivity index (χ2v) is 25.0. The van der Waals surface area contributed by atoms with Gasteiger partial charge in [0, 0.05) is 30.2 Å². The number of nitrogens with zero attached hydrogens (tertiary/aromatic N) is 2. The van der Waals surface area contributed by atoms with E-state index in [-0.39, 0.29) is 107 Å². The van der Waals surface area contributed by atoms with Crippen LogP contribution in [-0.4, -0.2) is 220 Å². The fourth-order valence-corrected chi connectivity index (χ4v) is 10.4. The maximum Gasteiger partial charge on any atom is 0.326 e. The monoisotopic (exact) mass is 1450 g/mol. The number of amides is 14. The van der Waals surface area contributed by atoms with Gasteiger partial charge in [-0.1, -0.05) is 32.0 Å². The van der Waals surface area contributed by atoms with Gasteiger partial charge in [-0.3, -0.25) is 77.1 Å². The zero-order chi connectivity index (χ0) is 76.2. The van der Waals surface area contributed by atoms with Gasteiger partial charge >= 0.3 is 5.97 Å². The maximum atomic E-state index is 14.5. The van der Waals surface area contributed by atoms with Gasteiger partial charge in [0.15, 0.2) is 11.9 Å². The number of aliphatic carboxylic acids is 1. The van der Waals surface area contributed by atoms with E-state index < -0.39 is 187 Å². The molecule has 12 atom stereocenters. The van der Waals surface area contributed by atoms with Crippen molar-refractivity contribution in [2.24, 2.45) is 73.2 Å². The van der Waals surface area contributed by atoms with Crippen molar-refractivity contribution in [3.63, 3.8) is 0 Å². The Kier molecular flexibility index (Phi) is 38.2. The maximum absolute atomic E-state index is 14.5. The first kappa shape index (κ1) is 86.7. The Morgan fingerprint density at radius 1 is 0.475 bits per heavy atom. The molecular formula is C60H99N23O17S. The number of nitrogens with one attached hydrogen (secondary N) is 11. The number of benzene rings is 1. The number of aliphatic hydroxyl groups is 1. The number of H-pyrrole nitrogens is 1. The van der Waals surface area contributed by atoms with Crippen molar-refractivity contribution >= 4 is 123 Å². The van der Waals surface area contributed by atoms with E-state index in [1.807, 2.05) is 29.6 Å². The average Bonchev–Trinajstić information content (AvgIpc) is 1.69. The lowest BCUT2D eigenvalue weighted by Gasteiger charge is -2.29. The number of carbonyl (C=O) groups excluding carboxylic acids is 14. The average molecular weight is 1450 g/mol. The van der Waals surface area contributed by atoms with E-state index in [4.69, 9.17) is 57.3 Å². The summed E-state index contributed by atoms with van der Waals surface area (Å²) < 4.78 is 0. The van der Waals surface area contributed by atoms with Gasteiger partial charge in [0.1, 0.15) is 60.4 Å². The van der Waals surface area contributed by atoms with Crippen molar-refractivity contribution in [1.29, 1.82) is 0 Å². The molecule has 1 aromatic carbocycles. The second kappa shape index (κ2) is 44.6. The molecule has 0 aliphatic heterocycles. The minimum atomic E-state index is -1.98. The van der Waals surface area contributed by atoms with Gasteiger partial charge in [0.05, 0.1) is 37.8 Å². The van der Waals surface area contributed by atoms with Gasteiger partial charge in [-0.15, -0.1) is 0 Å². The number of hydrogen-bond donors (Lipinski definition) is 23. The quantitative estimate of drug-likeness (QED) is 0.0166. The molecule has 0 unspecified atom stereocenters. The van der Waals surface area contributed by atoms with Crippen LogP contribution in [0.5, 0.6) is 0 Å². The number of aromatic nitrogens is 1. The number of guanidine groups is 2. The summed E-state index contributed by atoms with van der Waals surface area (Å²) in [6.45, 7) is 4.46. The Morgan fingerprint density at radius 3 is 1.25 bits per heavy atom. The van der Waals surface area contributed by atoms with E-state index in [0.29, 0.717) is 0 Å². The van der Waals surface area contributed by atoms with Crippen LogP contribution >= 0.6 is 11.8 Å². The second-order valence-electron chi connectivity index (χ2n) is 24.1. The number of rotatable bonds is 49. The Morgan fingerprint density at radius 2 is 0.842 bits per heavy atom. The van der Waals surface area contributed by atoms with Crippen molar-refractivity contribution in [2.75, 3.05) is 31.6 Å². The van der Waals surface area contributed by atoms with Gasteiger partial charge in [0.2, 0.25) is 82.7 Å². The van der Waals surface area contributed by atoms with Crippen LogP contribution in [0.2, 0.25) is 0 Å². The third-order valence-corrected chi connectivity index (χ3v) is 15.6. The molecule has 0 fully saturated rings. The number of nitrogens with two attached hydrogens (primary N) is 10. The summed E-state index contributed by atoms with van der Waals surface area (Å²) in [4.78, 5) is 212. The highest BCUT2D eigenvalue weighted by Gasteiger charge is 2.38. The van der Waals surface area contributed by atoms with Crippen LogP contribution in [0.15, 0.2) is 40.4 Å². The molecule has 0 bridgehead atoms. The SMILES string of the molecule is CSCC[C@H](NC(=O)[C@H](CC(C)C)NC(=O)[C@@H](N)Cc1c[nH]c2ccccc12)C(=O)N[C@@H](CC(N)=O)C(=O)N[C@H](C(=O)N[C@@H](CCCCN)C(=O)N[C@@H](CCCN=C(N)N)C(=O)N[C@@H](CC(N)=O)C(=O)N[C@@H](CCCN=C(N)N)C(=O)N[C@@H](CC(N)=O)C(=O)N[C@@H](CC(N)=O)C(=O)O)[C@@H](C)O. The largest absolute Gasteiger partial charge is 0.480 e. The normalized spacial score (nSPS) is 14.6. The zero-order valence-corrected chi connectivity index (χ0v) is 57.5. The molecule has 41 heteroatoms. The number of carboxylic acid groups (broad SMARTS) is 1. The van der Waals surface area contributed by atoms with Crippen molar-refractivity contribution in [1.82, 2.24) is 58.2 Å². The Hall–Kier alpha value is -10.4. The van der Waals surface area contributed by atoms with E-state index in [2.05, 4.69) is 62.8 Å². The van der Waals surface area contributed by atoms with Crippen LogP contribution in [-0.2, 0) is 78.3 Å². The van der Waals surface area contributed by atoms with Crippen molar-refractivity contribution in [2.45, 2.75) is 183 Å². The van der Waals surface area contributed by atoms with Gasteiger partial charge in [-0.05, 0) is 107 Å². The number of unbranched alkanes of at least 4 members (excludes halogenated alkanes) is 1. The molecule has 0 aliphatic rings. The molecule has 40 nitrogen and oxygen atoms in total. The molecule has 101 heavy (non-hydrogen) atoms. The van der Waals surface area contributed by atoms with Crippen LogP contribution in [0, 0.1) is 5.92 Å². The fourth-order valence-electron chi connectivity index (χ4n) is 9.88. The van der Waals surface area contributed by atoms with Crippen LogP contribution in [0.3, 0.4) is 0 Å². The van der Waals surface area contributed by atoms with E-state index in [1.165, 1.54) is 11.8 Å². The number of thioether (sulfide) groups is 1. The number of carboxylic acids is 1. The summed E-state index contributed by atoms with van der Waals surface area (Å²) in [5.74, 6) is -18.1. The molecule has 2 rings (SSSR count). The van der Waals surface area contributed by atoms with Crippen molar-refractivity contribution in [3.8, 4) is 0 Å². The number of aliphatic imine (C=N–C) groups is 2. The van der Waals surface area contributed by atoms with E-state index >= 15 is 0 Å². The Bertz CT molecular complexity index is 3270. The van der Waals surface area contributed by atoms with Crippen molar-refractivity contribution in [3.05, 3.63) is 36.0 Å². The van der Waals surface area contributed by atoms with Gasteiger partial charge in [0.25, 0.3) is 0 Å². The number of hydrogen-bond acceptors (Lipinski definition) is 21. The lowest BCUT2D eigenvalue weighted by molar-refractivity contribution is -0.144. The molecule has 0 saturated heterocycles. The van der Waals surface area contributed by atoms with Crippen LogP contribution in [0.1, 0.15) is 110 Å². The third kappa shape index (κ3) is 32.9. The topological polar surface area (TPSA) is 718 Å². The molecular weight excluding hydrogens is 1350 g/mol. The smallest absolute Gasteiger partial charge is 0.326 e. The summed E-state index contributed by atoms with van der Waals surface area (Å²) in [5, 5.41) is 45.1. The summed E-state index contributed by atoms with van der Waals surface area (Å²) in [6.07, 6.45) is -2.63. The van der Waals surface area contributed by atoms with E-state index in [9.17, 15) is 82.1 Å². The lowest BCUT2D eigenvalue weighted by Crippen LogP contribution is -2.62. The first-order chi connectivity index (χ1) is 47.5. The lowest BCUT2D eigenvalue weighted by atomic mass is 10.0. The Balaban J connectivity index is 2.51. The third-order valence-electron chi connectivity index (χ3n) is 15.0. The predicted octanol–water partition coefficient (Wildman–Crippen LogP) is -9.11. The summed E-state index contributed by atoms with van der Waals surface area (Å²) >= 11 is 1.30. The molecule has 1 heterocycles. The minimum Gasteiger partial charge on any atom is -0.480 e. The first-order valence-electron chi connectivity index (χ1n) is 32.2. The molecule has 0 saturated carbocycles. The van der Waals surface area contributed by atoms with Crippen LogP contribution < -0.4 is 111 Å². The number of fused-ring (bicyclic) bond motifs is 1. The fraction of sp³-hybridized carbons (Fsp3) is 0.583. The molecule has 14 amide bonds. The van der Waals surface area contributed by atoms with Crippen LogP contribution in [0.4, 0.5) is 0 Å².